The molecule has 24 heavy (non-hydrogen) atoms. The van der Waals surface area contributed by atoms with Crippen molar-refractivity contribution in [3.05, 3.63) is 59.7 Å². The van der Waals surface area contributed by atoms with Gasteiger partial charge in [-0.1, -0.05) is 17.7 Å². The number of hydrogen-bond donors (Lipinski definition) is 3. The molecule has 0 radical (unpaired) electrons. The number of nitrogens with two attached hydrogens (primary N) is 1. The van der Waals surface area contributed by atoms with Crippen molar-refractivity contribution in [3.63, 3.8) is 0 Å². The van der Waals surface area contributed by atoms with Gasteiger partial charge in [0.2, 0.25) is 0 Å². The van der Waals surface area contributed by atoms with Crippen LogP contribution < -0.4 is 11.2 Å². The Labute approximate surface area is 139 Å². The summed E-state index contributed by atoms with van der Waals surface area (Å²) in [6.45, 7) is 1.84. The van der Waals surface area contributed by atoms with Crippen LogP contribution in [0.5, 0.6) is 5.75 Å². The molecule has 9 heteroatoms. The topological polar surface area (TPSA) is 126 Å². The van der Waals surface area contributed by atoms with Gasteiger partial charge in [0.15, 0.2) is 0 Å². The molecular weight excluding hydrogens is 332 g/mol. The van der Waals surface area contributed by atoms with Gasteiger partial charge in [-0.3, -0.25) is 4.28 Å². The summed E-state index contributed by atoms with van der Waals surface area (Å²) in [5.74, 6) is -0.198. The molecule has 0 bridgehead atoms. The Kier molecular flexibility index (Phi) is 5.38. The van der Waals surface area contributed by atoms with Crippen LogP contribution in [-0.2, 0) is 14.4 Å². The van der Waals surface area contributed by atoms with E-state index in [2.05, 4.69) is 20.0 Å². The van der Waals surface area contributed by atoms with Crippen LogP contribution in [0.2, 0.25) is 0 Å². The average molecular weight is 348 g/mol. The fourth-order valence-electron chi connectivity index (χ4n) is 1.59. The number of hydrazone groups is 1. The summed E-state index contributed by atoms with van der Waals surface area (Å²) in [6, 6.07) is 12.4. The molecule has 0 saturated heterocycles. The van der Waals surface area contributed by atoms with E-state index >= 15 is 0 Å². The van der Waals surface area contributed by atoms with E-state index in [1.807, 2.05) is 6.92 Å². The van der Waals surface area contributed by atoms with E-state index in [-0.39, 0.29) is 16.6 Å². The summed E-state index contributed by atoms with van der Waals surface area (Å²) in [7, 11) is -4.04. The number of benzene rings is 2. The summed E-state index contributed by atoms with van der Waals surface area (Å²) in [6.07, 6.45) is 1.41. The molecular formula is C15H16N4O4S. The van der Waals surface area contributed by atoms with Crippen molar-refractivity contribution in [2.24, 2.45) is 16.0 Å². The zero-order chi connectivity index (χ0) is 17.6. The number of oxime groups is 1. The maximum atomic E-state index is 11.9. The quantitative estimate of drug-likeness (QED) is 0.424. The fraction of sp³-hybridized carbons (Fsp3) is 0.0667. The molecule has 0 fully saturated rings. The first-order valence-corrected chi connectivity index (χ1v) is 8.19. The Balaban J connectivity index is 1.95. The van der Waals surface area contributed by atoms with Crippen molar-refractivity contribution < 1.29 is 17.8 Å². The smallest absolute Gasteiger partial charge is 0.358 e. The number of nitrogens with zero attached hydrogens (tertiary/aromatic N) is 2. The monoisotopic (exact) mass is 348 g/mol. The first-order valence-electron chi connectivity index (χ1n) is 6.79. The highest BCUT2D eigenvalue weighted by molar-refractivity contribution is 7.86. The summed E-state index contributed by atoms with van der Waals surface area (Å²) < 4.78 is 28.3. The van der Waals surface area contributed by atoms with Crippen LogP contribution >= 0.6 is 0 Å². The first-order chi connectivity index (χ1) is 11.4. The van der Waals surface area contributed by atoms with E-state index in [1.165, 1.54) is 30.5 Å². The number of nitrogens with one attached hydrogen (secondary N) is 1. The lowest BCUT2D eigenvalue weighted by Gasteiger charge is -2.03. The Hall–Kier alpha value is -3.07. The number of aryl methyl sites for hydroxylation is 1. The normalized spacial score (nSPS) is 12.3. The lowest BCUT2D eigenvalue weighted by molar-refractivity contribution is 0.336. The van der Waals surface area contributed by atoms with Crippen LogP contribution in [-0.4, -0.2) is 25.7 Å². The summed E-state index contributed by atoms with van der Waals surface area (Å²) in [4.78, 5) is -0.0303. The Morgan fingerprint density at radius 3 is 2.42 bits per heavy atom. The van der Waals surface area contributed by atoms with E-state index in [4.69, 9.17) is 10.8 Å². The predicted molar refractivity (Wildman–Crippen MR) is 89.9 cm³/mol. The van der Waals surface area contributed by atoms with Crippen LogP contribution in [0.1, 0.15) is 11.1 Å². The van der Waals surface area contributed by atoms with Gasteiger partial charge in [-0.15, -0.1) is 0 Å². The molecule has 0 aromatic heterocycles. The minimum absolute atomic E-state index is 0.0303. The summed E-state index contributed by atoms with van der Waals surface area (Å²) in [5, 5.41) is 16.2. The highest BCUT2D eigenvalue weighted by Crippen LogP contribution is 2.13. The van der Waals surface area contributed by atoms with Crippen LogP contribution in [0.3, 0.4) is 0 Å². The van der Waals surface area contributed by atoms with Crippen molar-refractivity contribution in [1.29, 1.82) is 0 Å². The second-order valence-electron chi connectivity index (χ2n) is 4.78. The standard InChI is InChI=1S/C15H16N4O4S/c1-11-2-8-14(9-3-11)24(21,22)23-19-15(16)18-17-10-12-4-6-13(20)7-5-12/h2-10,20H,1H3,(H3,16,18,19). The minimum atomic E-state index is -4.04. The molecule has 0 amide bonds. The highest BCUT2D eigenvalue weighted by Gasteiger charge is 2.15. The molecule has 0 aliphatic rings. The first kappa shape index (κ1) is 17.3. The molecule has 2 aromatic rings. The van der Waals surface area contributed by atoms with Gasteiger partial charge in [0, 0.05) is 0 Å². The Morgan fingerprint density at radius 1 is 1.17 bits per heavy atom. The van der Waals surface area contributed by atoms with E-state index in [0.29, 0.717) is 5.56 Å². The number of aromatic hydroxyl groups is 1. The Bertz CT molecular complexity index is 844. The van der Waals surface area contributed by atoms with E-state index < -0.39 is 10.1 Å². The lowest BCUT2D eigenvalue weighted by atomic mass is 10.2. The summed E-state index contributed by atoms with van der Waals surface area (Å²) >= 11 is 0. The van der Waals surface area contributed by atoms with Gasteiger partial charge in [-0.05, 0) is 54.0 Å². The molecule has 2 rings (SSSR count). The molecule has 0 spiro atoms. The van der Waals surface area contributed by atoms with E-state index in [9.17, 15) is 8.42 Å². The second-order valence-corrected chi connectivity index (χ2v) is 6.31. The zero-order valence-corrected chi connectivity index (χ0v) is 13.6. The number of rotatable bonds is 5. The van der Waals surface area contributed by atoms with Crippen molar-refractivity contribution in [2.45, 2.75) is 11.8 Å². The largest absolute Gasteiger partial charge is 0.508 e. The average Bonchev–Trinajstić information content (AvgIpc) is 2.55. The van der Waals surface area contributed by atoms with E-state index in [1.54, 1.807) is 24.3 Å². The Morgan fingerprint density at radius 2 is 1.79 bits per heavy atom. The fourth-order valence-corrected chi connectivity index (χ4v) is 2.32. The maximum absolute atomic E-state index is 11.9. The number of hydrogen-bond acceptors (Lipinski definition) is 6. The number of phenols is 1. The third kappa shape index (κ3) is 4.99. The molecule has 0 aliphatic carbocycles. The third-order valence-corrected chi connectivity index (χ3v) is 3.95. The molecule has 4 N–H and O–H groups in total. The van der Waals surface area contributed by atoms with Crippen LogP contribution in [0.4, 0.5) is 0 Å². The SMILES string of the molecule is Cc1ccc(S(=O)(=O)ON=C(N)NN=Cc2ccc(O)cc2)cc1. The molecule has 0 unspecified atom stereocenters. The van der Waals surface area contributed by atoms with Crippen LogP contribution in [0.25, 0.3) is 0 Å². The van der Waals surface area contributed by atoms with Crippen molar-refractivity contribution in [3.8, 4) is 5.75 Å². The predicted octanol–water partition coefficient (Wildman–Crippen LogP) is 1.26. The third-order valence-electron chi connectivity index (χ3n) is 2.83. The van der Waals surface area contributed by atoms with Crippen molar-refractivity contribution in [2.75, 3.05) is 0 Å². The molecule has 126 valence electrons. The van der Waals surface area contributed by atoms with Gasteiger partial charge in [0.1, 0.15) is 10.6 Å². The maximum Gasteiger partial charge on any atom is 0.358 e. The van der Waals surface area contributed by atoms with Crippen molar-refractivity contribution >= 4 is 22.3 Å². The van der Waals surface area contributed by atoms with Gasteiger partial charge >= 0.3 is 10.1 Å². The lowest BCUT2D eigenvalue weighted by Crippen LogP contribution is -2.28. The van der Waals surface area contributed by atoms with Gasteiger partial charge < -0.3 is 10.8 Å². The van der Waals surface area contributed by atoms with Gasteiger partial charge in [-0.25, -0.2) is 5.43 Å². The zero-order valence-electron chi connectivity index (χ0n) is 12.7. The van der Waals surface area contributed by atoms with Crippen LogP contribution in [0, 0.1) is 6.92 Å². The molecule has 2 aromatic carbocycles. The molecule has 0 aliphatic heterocycles. The van der Waals surface area contributed by atoms with Crippen LogP contribution in [0.15, 0.2) is 63.7 Å². The number of guanidine groups is 1. The van der Waals surface area contributed by atoms with Crippen molar-refractivity contribution in [1.82, 2.24) is 5.43 Å². The number of phenolic OH excluding ortho intramolecular Hbond substituents is 1. The molecule has 8 nitrogen and oxygen atoms in total. The molecule has 0 atom stereocenters. The van der Waals surface area contributed by atoms with Gasteiger partial charge in [-0.2, -0.15) is 13.5 Å². The molecule has 0 heterocycles. The van der Waals surface area contributed by atoms with Gasteiger partial charge in [0.25, 0.3) is 5.96 Å². The minimum Gasteiger partial charge on any atom is -0.508 e. The highest BCUT2D eigenvalue weighted by atomic mass is 32.2. The second kappa shape index (κ2) is 7.47. The van der Waals surface area contributed by atoms with Gasteiger partial charge in [0.05, 0.1) is 6.21 Å². The molecule has 0 saturated carbocycles. The summed E-state index contributed by atoms with van der Waals surface area (Å²) in [5.41, 5.74) is 9.41. The van der Waals surface area contributed by atoms with E-state index in [0.717, 1.165) is 5.56 Å².